The quantitative estimate of drug-likeness (QED) is 0.276. The van der Waals surface area contributed by atoms with E-state index in [9.17, 15) is 0 Å². The molecule has 1 saturated carbocycles. The molecule has 0 unspecified atom stereocenters. The van der Waals surface area contributed by atoms with Crippen molar-refractivity contribution in [2.75, 3.05) is 19.6 Å². The van der Waals surface area contributed by atoms with Crippen LogP contribution in [-0.4, -0.2) is 73.9 Å². The molecule has 2 aliphatic rings. The molecule has 0 radical (unpaired) electrons. The van der Waals surface area contributed by atoms with Gasteiger partial charge in [0.25, 0.3) is 0 Å². The molecule has 5 aromatic heterocycles. The highest BCUT2D eigenvalue weighted by Gasteiger charge is 2.50. The SMILES string of the molecule is Cn1cc(-c2ccc3nnc(C4(c5cccc(-c6ncc(-c7cnn(CCN8CCCC8)c7)cn6)c5)CC4)n3n2)cn1. The van der Waals surface area contributed by atoms with Crippen molar-refractivity contribution in [2.24, 2.45) is 7.05 Å². The monoisotopic (exact) mass is 557 g/mol. The van der Waals surface area contributed by atoms with E-state index in [0.29, 0.717) is 5.82 Å². The van der Waals surface area contributed by atoms with Crippen LogP contribution in [0.4, 0.5) is 0 Å². The molecule has 0 atom stereocenters. The number of benzene rings is 1. The van der Waals surface area contributed by atoms with E-state index < -0.39 is 0 Å². The van der Waals surface area contributed by atoms with Gasteiger partial charge in [0.2, 0.25) is 0 Å². The van der Waals surface area contributed by atoms with Gasteiger partial charge in [-0.3, -0.25) is 9.36 Å². The fourth-order valence-corrected chi connectivity index (χ4v) is 6.03. The first-order valence-corrected chi connectivity index (χ1v) is 14.5. The smallest absolute Gasteiger partial charge is 0.177 e. The molecular formula is C31H31N11. The largest absolute Gasteiger partial charge is 0.301 e. The average Bonchev–Trinajstić information content (AvgIpc) is 3.53. The van der Waals surface area contributed by atoms with E-state index in [0.717, 1.165) is 65.4 Å². The molecule has 0 N–H and O–H groups in total. The second-order valence-electron chi connectivity index (χ2n) is 11.4. The van der Waals surface area contributed by atoms with Crippen LogP contribution in [0.25, 0.3) is 39.4 Å². The standard InChI is InChI=1S/C31H31N11/c1-39-20-25(19-34-39)27-7-8-28-36-37-30(42(28)38-27)31(9-10-31)26-6-4-5-22(15-26)29-32-16-23(17-33-29)24-18-35-41(21-24)14-13-40-11-2-3-12-40/h4-8,15-21H,2-3,9-14H2,1H3. The second-order valence-corrected chi connectivity index (χ2v) is 11.4. The number of rotatable bonds is 8. The molecule has 1 aliphatic heterocycles. The van der Waals surface area contributed by atoms with Gasteiger partial charge in [0.15, 0.2) is 17.3 Å². The number of aromatic nitrogens is 10. The Balaban J connectivity index is 1.04. The third-order valence-electron chi connectivity index (χ3n) is 8.58. The number of nitrogens with zero attached hydrogens (tertiary/aromatic N) is 11. The lowest BCUT2D eigenvalue weighted by Gasteiger charge is -2.15. The van der Waals surface area contributed by atoms with Crippen molar-refractivity contribution in [3.63, 3.8) is 0 Å². The van der Waals surface area contributed by atoms with Crippen molar-refractivity contribution in [1.82, 2.24) is 54.2 Å². The number of hydrogen-bond donors (Lipinski definition) is 0. The molecular weight excluding hydrogens is 526 g/mol. The highest BCUT2D eigenvalue weighted by atomic mass is 15.4. The van der Waals surface area contributed by atoms with Gasteiger partial charge in [-0.1, -0.05) is 18.2 Å². The van der Waals surface area contributed by atoms with Crippen LogP contribution in [0.15, 0.2) is 73.6 Å². The van der Waals surface area contributed by atoms with Gasteiger partial charge in [0, 0.05) is 60.6 Å². The van der Waals surface area contributed by atoms with Crippen LogP contribution in [0.5, 0.6) is 0 Å². The molecule has 6 heterocycles. The first kappa shape index (κ1) is 25.0. The minimum Gasteiger partial charge on any atom is -0.301 e. The minimum atomic E-state index is -0.237. The minimum absolute atomic E-state index is 0.237. The summed E-state index contributed by atoms with van der Waals surface area (Å²) in [7, 11) is 1.90. The van der Waals surface area contributed by atoms with E-state index in [1.807, 2.05) is 59.4 Å². The Labute approximate surface area is 242 Å². The van der Waals surface area contributed by atoms with E-state index in [2.05, 4.69) is 55.8 Å². The van der Waals surface area contributed by atoms with E-state index in [4.69, 9.17) is 15.1 Å². The van der Waals surface area contributed by atoms with E-state index in [1.165, 1.54) is 31.5 Å². The van der Waals surface area contributed by atoms with E-state index >= 15 is 0 Å². The zero-order chi connectivity index (χ0) is 28.1. The maximum Gasteiger partial charge on any atom is 0.177 e. The maximum absolute atomic E-state index is 4.91. The summed E-state index contributed by atoms with van der Waals surface area (Å²) in [6.45, 7) is 4.34. The van der Waals surface area contributed by atoms with Gasteiger partial charge in [-0.05, 0) is 62.5 Å². The molecule has 1 aromatic carbocycles. The van der Waals surface area contributed by atoms with Crippen molar-refractivity contribution >= 4 is 5.65 Å². The molecule has 8 rings (SSSR count). The zero-order valence-corrected chi connectivity index (χ0v) is 23.5. The summed E-state index contributed by atoms with van der Waals surface area (Å²) in [4.78, 5) is 12.0. The van der Waals surface area contributed by atoms with Gasteiger partial charge in [0.05, 0.1) is 30.0 Å². The Hall–Kier alpha value is -4.77. The molecule has 6 aromatic rings. The molecule has 0 amide bonds. The highest BCUT2D eigenvalue weighted by Crippen LogP contribution is 2.53. The molecule has 210 valence electrons. The number of aryl methyl sites for hydroxylation is 1. The van der Waals surface area contributed by atoms with E-state index in [1.54, 1.807) is 4.68 Å². The van der Waals surface area contributed by atoms with Gasteiger partial charge in [-0.25, -0.2) is 9.97 Å². The molecule has 0 spiro atoms. The van der Waals surface area contributed by atoms with Crippen molar-refractivity contribution in [1.29, 1.82) is 0 Å². The summed E-state index contributed by atoms with van der Waals surface area (Å²) in [5.74, 6) is 1.55. The van der Waals surface area contributed by atoms with Gasteiger partial charge in [-0.15, -0.1) is 10.2 Å². The summed E-state index contributed by atoms with van der Waals surface area (Å²) in [6.07, 6.45) is 16.1. The summed E-state index contributed by atoms with van der Waals surface area (Å²) < 4.78 is 5.68. The lowest BCUT2D eigenvalue weighted by atomic mass is 9.93. The van der Waals surface area contributed by atoms with Crippen LogP contribution >= 0.6 is 0 Å². The Kier molecular flexibility index (Phi) is 5.92. The molecule has 2 fully saturated rings. The Morgan fingerprint density at radius 3 is 2.40 bits per heavy atom. The maximum atomic E-state index is 4.91. The molecule has 11 nitrogen and oxygen atoms in total. The summed E-state index contributed by atoms with van der Waals surface area (Å²) in [5, 5.41) is 22.8. The first-order valence-electron chi connectivity index (χ1n) is 14.5. The summed E-state index contributed by atoms with van der Waals surface area (Å²) in [6, 6.07) is 12.4. The zero-order valence-electron chi connectivity index (χ0n) is 23.5. The van der Waals surface area contributed by atoms with Crippen molar-refractivity contribution in [3.05, 3.63) is 85.0 Å². The van der Waals surface area contributed by atoms with Crippen molar-refractivity contribution < 1.29 is 0 Å². The van der Waals surface area contributed by atoms with Gasteiger partial charge in [-0.2, -0.15) is 19.8 Å². The second kappa shape index (κ2) is 9.95. The van der Waals surface area contributed by atoms with Crippen LogP contribution < -0.4 is 0 Å². The predicted octanol–water partition coefficient (Wildman–Crippen LogP) is 4.02. The Morgan fingerprint density at radius 1 is 0.786 bits per heavy atom. The van der Waals surface area contributed by atoms with Gasteiger partial charge >= 0.3 is 0 Å². The van der Waals surface area contributed by atoms with Crippen LogP contribution in [0.2, 0.25) is 0 Å². The lowest BCUT2D eigenvalue weighted by molar-refractivity contribution is 0.316. The van der Waals surface area contributed by atoms with Crippen LogP contribution in [0, 0.1) is 0 Å². The fraction of sp³-hybridized carbons (Fsp3) is 0.323. The first-order chi connectivity index (χ1) is 20.6. The van der Waals surface area contributed by atoms with E-state index in [-0.39, 0.29) is 5.41 Å². The lowest BCUT2D eigenvalue weighted by Crippen LogP contribution is -2.24. The predicted molar refractivity (Wildman–Crippen MR) is 157 cm³/mol. The van der Waals surface area contributed by atoms with Crippen LogP contribution in [0.1, 0.15) is 37.1 Å². The highest BCUT2D eigenvalue weighted by molar-refractivity contribution is 5.64. The Morgan fingerprint density at radius 2 is 1.62 bits per heavy atom. The van der Waals surface area contributed by atoms with Gasteiger partial charge < -0.3 is 4.90 Å². The number of fused-ring (bicyclic) bond motifs is 1. The molecule has 0 bridgehead atoms. The molecule has 42 heavy (non-hydrogen) atoms. The third-order valence-corrected chi connectivity index (χ3v) is 8.58. The molecule has 11 heteroatoms. The van der Waals surface area contributed by atoms with Crippen LogP contribution in [-0.2, 0) is 19.0 Å². The summed E-state index contributed by atoms with van der Waals surface area (Å²) in [5.41, 5.74) is 6.45. The van der Waals surface area contributed by atoms with Gasteiger partial charge in [0.1, 0.15) is 0 Å². The topological polar surface area (TPSA) is 108 Å². The van der Waals surface area contributed by atoms with Crippen molar-refractivity contribution in [2.45, 2.75) is 37.6 Å². The average molecular weight is 558 g/mol. The molecule has 1 saturated heterocycles. The number of likely N-dealkylation sites (tertiary alicyclic amines) is 1. The normalized spacial score (nSPS) is 16.4. The fourth-order valence-electron chi connectivity index (χ4n) is 6.03. The van der Waals surface area contributed by atoms with Crippen LogP contribution in [0.3, 0.4) is 0 Å². The number of hydrogen-bond acceptors (Lipinski definition) is 8. The third kappa shape index (κ3) is 4.46. The van der Waals surface area contributed by atoms with Crippen molar-refractivity contribution in [3.8, 4) is 33.8 Å². The Bertz CT molecular complexity index is 1870. The summed E-state index contributed by atoms with van der Waals surface area (Å²) >= 11 is 0. The molecule has 1 aliphatic carbocycles.